The molecule has 0 aliphatic carbocycles. The molecule has 0 aliphatic rings. The molecule has 0 fully saturated rings. The van der Waals surface area contributed by atoms with Gasteiger partial charge in [0, 0.05) is 12.1 Å². The SMILES string of the molecule is COc1c(O)c(C(CN)C(=O)O)cc(Cl)c1F. The highest BCUT2D eigenvalue weighted by Crippen LogP contribution is 2.40. The highest BCUT2D eigenvalue weighted by Gasteiger charge is 2.26. The van der Waals surface area contributed by atoms with Gasteiger partial charge in [0.1, 0.15) is 0 Å². The van der Waals surface area contributed by atoms with Crippen molar-refractivity contribution in [2.45, 2.75) is 5.92 Å². The number of rotatable bonds is 4. The van der Waals surface area contributed by atoms with Crippen molar-refractivity contribution in [3.63, 3.8) is 0 Å². The number of benzene rings is 1. The monoisotopic (exact) mass is 263 g/mol. The summed E-state index contributed by atoms with van der Waals surface area (Å²) in [5, 5.41) is 18.3. The van der Waals surface area contributed by atoms with Crippen LogP contribution in [-0.4, -0.2) is 29.8 Å². The van der Waals surface area contributed by atoms with E-state index in [0.717, 1.165) is 13.2 Å². The fraction of sp³-hybridized carbons (Fsp3) is 0.300. The number of nitrogens with two attached hydrogens (primary N) is 1. The van der Waals surface area contributed by atoms with Crippen LogP contribution in [0.15, 0.2) is 6.07 Å². The van der Waals surface area contributed by atoms with Gasteiger partial charge in [-0.1, -0.05) is 11.6 Å². The highest BCUT2D eigenvalue weighted by molar-refractivity contribution is 6.31. The second-order valence-electron chi connectivity index (χ2n) is 3.27. The number of carboxylic acids is 1. The van der Waals surface area contributed by atoms with E-state index in [1.165, 1.54) is 0 Å². The fourth-order valence-electron chi connectivity index (χ4n) is 1.42. The van der Waals surface area contributed by atoms with Gasteiger partial charge in [-0.15, -0.1) is 0 Å². The zero-order chi connectivity index (χ0) is 13.2. The number of aliphatic carboxylic acids is 1. The first-order chi connectivity index (χ1) is 7.93. The van der Waals surface area contributed by atoms with Crippen molar-refractivity contribution in [2.24, 2.45) is 5.73 Å². The summed E-state index contributed by atoms with van der Waals surface area (Å²) in [4.78, 5) is 10.9. The molecular weight excluding hydrogens is 253 g/mol. The summed E-state index contributed by atoms with van der Waals surface area (Å²) >= 11 is 5.58. The zero-order valence-electron chi connectivity index (χ0n) is 8.91. The summed E-state index contributed by atoms with van der Waals surface area (Å²) in [6.45, 7) is -0.256. The Kier molecular flexibility index (Phi) is 4.14. The third-order valence-electron chi connectivity index (χ3n) is 2.29. The predicted molar refractivity (Wildman–Crippen MR) is 59.1 cm³/mol. The topological polar surface area (TPSA) is 92.8 Å². The van der Waals surface area contributed by atoms with Crippen LogP contribution in [0, 0.1) is 5.82 Å². The van der Waals surface area contributed by atoms with Gasteiger partial charge in [0.25, 0.3) is 0 Å². The van der Waals surface area contributed by atoms with Crippen LogP contribution in [0.5, 0.6) is 11.5 Å². The molecule has 1 aromatic rings. The number of hydrogen-bond donors (Lipinski definition) is 3. The first-order valence-electron chi connectivity index (χ1n) is 4.61. The maximum Gasteiger partial charge on any atom is 0.312 e. The molecular formula is C10H11ClFNO4. The van der Waals surface area contributed by atoms with E-state index < -0.39 is 29.2 Å². The molecule has 0 saturated heterocycles. The number of hydrogen-bond acceptors (Lipinski definition) is 4. The van der Waals surface area contributed by atoms with Crippen molar-refractivity contribution in [1.82, 2.24) is 0 Å². The van der Waals surface area contributed by atoms with Gasteiger partial charge < -0.3 is 20.7 Å². The van der Waals surface area contributed by atoms with Crippen molar-refractivity contribution in [1.29, 1.82) is 0 Å². The Labute approximate surface area is 102 Å². The third-order valence-corrected chi connectivity index (χ3v) is 2.57. The van der Waals surface area contributed by atoms with Crippen molar-refractivity contribution < 1.29 is 24.1 Å². The average molecular weight is 264 g/mol. The molecule has 0 radical (unpaired) electrons. The smallest absolute Gasteiger partial charge is 0.312 e. The van der Waals surface area contributed by atoms with E-state index in [1.54, 1.807) is 0 Å². The van der Waals surface area contributed by atoms with Crippen molar-refractivity contribution in [3.8, 4) is 11.5 Å². The third kappa shape index (κ3) is 2.42. The molecule has 0 saturated carbocycles. The normalized spacial score (nSPS) is 12.2. The van der Waals surface area contributed by atoms with Crippen LogP contribution >= 0.6 is 11.6 Å². The summed E-state index contributed by atoms with van der Waals surface area (Å²) in [6, 6.07) is 1.03. The summed E-state index contributed by atoms with van der Waals surface area (Å²) in [5.41, 5.74) is 5.20. The number of ether oxygens (including phenoxy) is 1. The molecule has 1 aromatic carbocycles. The molecule has 4 N–H and O–H groups in total. The second-order valence-corrected chi connectivity index (χ2v) is 3.68. The number of phenols is 1. The largest absolute Gasteiger partial charge is 0.504 e. The lowest BCUT2D eigenvalue weighted by atomic mass is 9.98. The van der Waals surface area contributed by atoms with E-state index in [2.05, 4.69) is 4.74 Å². The summed E-state index contributed by atoms with van der Waals surface area (Å²) in [5.74, 6) is -4.47. The van der Waals surface area contributed by atoms with Gasteiger partial charge in [0.2, 0.25) is 0 Å². The minimum absolute atomic E-state index is 0.0803. The molecule has 1 atom stereocenters. The first-order valence-corrected chi connectivity index (χ1v) is 4.99. The maximum atomic E-state index is 13.4. The Morgan fingerprint density at radius 1 is 1.71 bits per heavy atom. The van der Waals surface area contributed by atoms with Crippen molar-refractivity contribution in [2.75, 3.05) is 13.7 Å². The number of carbonyl (C=O) groups is 1. The zero-order valence-corrected chi connectivity index (χ0v) is 9.66. The average Bonchev–Trinajstić information content (AvgIpc) is 2.26. The quantitative estimate of drug-likeness (QED) is 0.762. The van der Waals surface area contributed by atoms with E-state index in [1.807, 2.05) is 0 Å². The Morgan fingerprint density at radius 3 is 2.71 bits per heavy atom. The molecule has 0 amide bonds. The lowest BCUT2D eigenvalue weighted by Gasteiger charge is -2.15. The van der Waals surface area contributed by atoms with E-state index in [4.69, 9.17) is 22.4 Å². The fourth-order valence-corrected chi connectivity index (χ4v) is 1.63. The van der Waals surface area contributed by atoms with E-state index in [9.17, 15) is 14.3 Å². The standard InChI is InChI=1S/C10H11ClFNO4/c1-17-9-7(12)6(11)2-4(8(9)14)5(3-13)10(15)16/h2,5,14H,3,13H2,1H3,(H,15,16). The number of carboxylic acid groups (broad SMARTS) is 1. The minimum atomic E-state index is -1.24. The van der Waals surface area contributed by atoms with Crippen LogP contribution in [0.4, 0.5) is 4.39 Å². The van der Waals surface area contributed by atoms with Crippen LogP contribution in [0.3, 0.4) is 0 Å². The molecule has 0 heterocycles. The van der Waals surface area contributed by atoms with Gasteiger partial charge in [0.05, 0.1) is 18.1 Å². The molecule has 17 heavy (non-hydrogen) atoms. The van der Waals surface area contributed by atoms with Crippen LogP contribution in [0.1, 0.15) is 11.5 Å². The van der Waals surface area contributed by atoms with Gasteiger partial charge in [0.15, 0.2) is 17.3 Å². The minimum Gasteiger partial charge on any atom is -0.504 e. The molecule has 7 heteroatoms. The predicted octanol–water partition coefficient (Wildman–Crippen LogP) is 1.32. The Morgan fingerprint density at radius 2 is 2.29 bits per heavy atom. The van der Waals surface area contributed by atoms with Gasteiger partial charge in [-0.25, -0.2) is 4.39 Å². The van der Waals surface area contributed by atoms with Gasteiger partial charge in [-0.2, -0.15) is 0 Å². The Balaban J connectivity index is 3.44. The number of halogens is 2. The summed E-state index contributed by atoms with van der Waals surface area (Å²) in [7, 11) is 1.14. The van der Waals surface area contributed by atoms with Crippen LogP contribution in [0.25, 0.3) is 0 Å². The van der Waals surface area contributed by atoms with Crippen LogP contribution in [-0.2, 0) is 4.79 Å². The molecule has 1 rings (SSSR count). The molecule has 5 nitrogen and oxygen atoms in total. The Hall–Kier alpha value is -1.53. The number of aromatic hydroxyl groups is 1. The van der Waals surface area contributed by atoms with Gasteiger partial charge in [-0.05, 0) is 6.07 Å². The molecule has 0 aromatic heterocycles. The van der Waals surface area contributed by atoms with Gasteiger partial charge >= 0.3 is 5.97 Å². The highest BCUT2D eigenvalue weighted by atomic mass is 35.5. The van der Waals surface area contributed by atoms with E-state index in [0.29, 0.717) is 0 Å². The number of phenolic OH excluding ortho intramolecular Hbond substituents is 1. The van der Waals surface area contributed by atoms with E-state index in [-0.39, 0.29) is 17.1 Å². The number of methoxy groups -OCH3 is 1. The second kappa shape index (κ2) is 5.20. The van der Waals surface area contributed by atoms with Crippen LogP contribution in [0.2, 0.25) is 5.02 Å². The van der Waals surface area contributed by atoms with Crippen molar-refractivity contribution in [3.05, 3.63) is 22.5 Å². The summed E-state index contributed by atoms with van der Waals surface area (Å²) < 4.78 is 18.0. The first kappa shape index (κ1) is 13.5. The molecule has 1 unspecified atom stereocenters. The molecule has 0 bridgehead atoms. The van der Waals surface area contributed by atoms with E-state index >= 15 is 0 Å². The molecule has 94 valence electrons. The molecule has 0 aliphatic heterocycles. The lowest BCUT2D eigenvalue weighted by molar-refractivity contribution is -0.138. The van der Waals surface area contributed by atoms with Gasteiger partial charge in [-0.3, -0.25) is 4.79 Å². The summed E-state index contributed by atoms with van der Waals surface area (Å²) in [6.07, 6.45) is 0. The van der Waals surface area contributed by atoms with Crippen molar-refractivity contribution >= 4 is 17.6 Å². The molecule has 0 spiro atoms. The maximum absolute atomic E-state index is 13.4. The van der Waals surface area contributed by atoms with Crippen LogP contribution < -0.4 is 10.5 Å². The lowest BCUT2D eigenvalue weighted by Crippen LogP contribution is -2.21. The Bertz CT molecular complexity index is 452.